The number of benzene rings is 1. The monoisotopic (exact) mass is 286 g/mol. The fraction of sp³-hybridized carbons (Fsp3) is 0.333. The van der Waals surface area contributed by atoms with Crippen LogP contribution in [0.5, 0.6) is 0 Å². The summed E-state index contributed by atoms with van der Waals surface area (Å²) in [5.74, 6) is -0.119. The van der Waals surface area contributed by atoms with Crippen molar-refractivity contribution in [2.75, 3.05) is 6.61 Å². The molecule has 0 saturated carbocycles. The first kappa shape index (κ1) is 13.8. The molecule has 0 bridgehead atoms. The summed E-state index contributed by atoms with van der Waals surface area (Å²) in [6.45, 7) is 0.471. The minimum atomic E-state index is -0.388. The number of hydrogen-bond donors (Lipinski definition) is 4. The number of hydrogen-bond acceptors (Lipinski definition) is 4. The van der Waals surface area contributed by atoms with Crippen molar-refractivity contribution in [1.82, 2.24) is 20.6 Å². The van der Waals surface area contributed by atoms with Crippen LogP contribution < -0.4 is 10.6 Å². The van der Waals surface area contributed by atoms with Crippen LogP contribution in [0, 0.1) is 0 Å². The Morgan fingerprint density at radius 3 is 3.00 bits per heavy atom. The number of carbonyl (C=O) groups excluding carboxylic acids is 1. The van der Waals surface area contributed by atoms with E-state index in [-0.39, 0.29) is 24.6 Å². The van der Waals surface area contributed by atoms with Crippen LogP contribution in [0.1, 0.15) is 23.0 Å². The normalized spacial score (nSPS) is 18.8. The van der Waals surface area contributed by atoms with Crippen LogP contribution in [0.3, 0.4) is 0 Å². The van der Waals surface area contributed by atoms with Gasteiger partial charge in [0.2, 0.25) is 5.91 Å². The summed E-state index contributed by atoms with van der Waals surface area (Å²) in [5, 5.41) is 15.6. The van der Waals surface area contributed by atoms with Crippen LogP contribution in [0.2, 0.25) is 0 Å². The van der Waals surface area contributed by atoms with Crippen molar-refractivity contribution in [3.63, 3.8) is 0 Å². The lowest BCUT2D eigenvalue weighted by atomic mass is 10.0. The molecule has 2 aromatic rings. The van der Waals surface area contributed by atoms with Crippen LogP contribution in [-0.2, 0) is 17.8 Å². The van der Waals surface area contributed by atoms with Gasteiger partial charge < -0.3 is 15.4 Å². The Labute approximate surface area is 122 Å². The molecule has 0 saturated heterocycles. The minimum Gasteiger partial charge on any atom is -0.394 e. The molecule has 6 nitrogen and oxygen atoms in total. The molecular formula is C15H18N4O2. The number of imidazole rings is 1. The lowest BCUT2D eigenvalue weighted by Crippen LogP contribution is -2.49. The zero-order valence-electron chi connectivity index (χ0n) is 11.5. The topological polar surface area (TPSA) is 90.0 Å². The summed E-state index contributed by atoms with van der Waals surface area (Å²) in [7, 11) is 0. The largest absolute Gasteiger partial charge is 0.394 e. The molecule has 2 unspecified atom stereocenters. The van der Waals surface area contributed by atoms with Gasteiger partial charge in [-0.05, 0) is 5.56 Å². The molecule has 2 heterocycles. The van der Waals surface area contributed by atoms with Gasteiger partial charge in [-0.15, -0.1) is 0 Å². The second-order valence-electron chi connectivity index (χ2n) is 5.12. The third kappa shape index (κ3) is 2.96. The van der Waals surface area contributed by atoms with Crippen LogP contribution in [0.4, 0.5) is 0 Å². The average Bonchev–Trinajstić information content (AvgIpc) is 3.00. The molecule has 0 radical (unpaired) electrons. The van der Waals surface area contributed by atoms with Crippen molar-refractivity contribution in [3.8, 4) is 0 Å². The smallest absolute Gasteiger partial charge is 0.238 e. The molecular weight excluding hydrogens is 268 g/mol. The van der Waals surface area contributed by atoms with Crippen LogP contribution in [-0.4, -0.2) is 33.6 Å². The Morgan fingerprint density at radius 2 is 2.24 bits per heavy atom. The van der Waals surface area contributed by atoms with Crippen LogP contribution >= 0.6 is 0 Å². The van der Waals surface area contributed by atoms with Gasteiger partial charge in [-0.2, -0.15) is 0 Å². The summed E-state index contributed by atoms with van der Waals surface area (Å²) in [6, 6.07) is 8.75. The highest BCUT2D eigenvalue weighted by atomic mass is 16.3. The van der Waals surface area contributed by atoms with Gasteiger partial charge in [0.25, 0.3) is 0 Å². The Bertz CT molecular complexity index is 611. The summed E-state index contributed by atoms with van der Waals surface area (Å²) in [6.07, 6.45) is 2.20. The summed E-state index contributed by atoms with van der Waals surface area (Å²) in [5.41, 5.74) is 2.85. The predicted octanol–water partition coefficient (Wildman–Crippen LogP) is 0.274. The van der Waals surface area contributed by atoms with Gasteiger partial charge in [-0.3, -0.25) is 10.1 Å². The van der Waals surface area contributed by atoms with Crippen molar-refractivity contribution >= 4 is 5.91 Å². The van der Waals surface area contributed by atoms with Crippen LogP contribution in [0.25, 0.3) is 0 Å². The third-order valence-electron chi connectivity index (χ3n) is 3.75. The molecule has 1 aromatic heterocycles. The molecule has 1 aliphatic rings. The molecule has 21 heavy (non-hydrogen) atoms. The van der Waals surface area contributed by atoms with E-state index >= 15 is 0 Å². The van der Waals surface area contributed by atoms with Gasteiger partial charge in [0.05, 0.1) is 36.4 Å². The molecule has 0 spiro atoms. The number of H-pyrrole nitrogens is 1. The Kier molecular flexibility index (Phi) is 3.98. The molecule has 3 rings (SSSR count). The number of rotatable bonds is 4. The van der Waals surface area contributed by atoms with E-state index in [1.807, 2.05) is 30.3 Å². The van der Waals surface area contributed by atoms with E-state index in [9.17, 15) is 9.90 Å². The van der Waals surface area contributed by atoms with E-state index in [4.69, 9.17) is 0 Å². The second-order valence-corrected chi connectivity index (χ2v) is 5.12. The van der Waals surface area contributed by atoms with E-state index in [1.54, 1.807) is 6.33 Å². The first-order valence-electron chi connectivity index (χ1n) is 6.98. The summed E-state index contributed by atoms with van der Waals surface area (Å²) < 4.78 is 0. The maximum Gasteiger partial charge on any atom is 0.238 e. The number of aromatic amines is 1. The number of carbonyl (C=O) groups is 1. The maximum absolute atomic E-state index is 12.3. The van der Waals surface area contributed by atoms with Crippen molar-refractivity contribution in [3.05, 3.63) is 53.6 Å². The molecule has 4 N–H and O–H groups in total. The fourth-order valence-corrected chi connectivity index (χ4v) is 2.55. The number of amides is 1. The molecule has 6 heteroatoms. The maximum atomic E-state index is 12.3. The fourth-order valence-electron chi connectivity index (χ4n) is 2.55. The SMILES string of the molecule is O=C(NC(CO)c1ccccc1)C1Cc2nc[nH]c2CN1. The second kappa shape index (κ2) is 6.07. The molecule has 1 aliphatic heterocycles. The van der Waals surface area contributed by atoms with Gasteiger partial charge in [0, 0.05) is 13.0 Å². The number of nitrogens with one attached hydrogen (secondary N) is 3. The molecule has 1 amide bonds. The number of aliphatic hydroxyl groups excluding tert-OH is 1. The number of nitrogens with zero attached hydrogens (tertiary/aromatic N) is 1. The first-order chi connectivity index (χ1) is 10.3. The standard InChI is InChI=1S/C15H18N4O2/c20-8-14(10-4-2-1-3-5-10)19-15(21)12-6-11-13(7-16-12)18-9-17-11/h1-5,9,12,14,16,20H,6-8H2,(H,17,18)(H,19,21). The van der Waals surface area contributed by atoms with E-state index in [1.165, 1.54) is 0 Å². The molecule has 110 valence electrons. The van der Waals surface area contributed by atoms with E-state index in [0.717, 1.165) is 17.0 Å². The Hall–Kier alpha value is -2.18. The number of aromatic nitrogens is 2. The van der Waals surface area contributed by atoms with Gasteiger partial charge in [-0.25, -0.2) is 4.98 Å². The summed E-state index contributed by atoms with van der Waals surface area (Å²) in [4.78, 5) is 19.6. The van der Waals surface area contributed by atoms with Gasteiger partial charge in [-0.1, -0.05) is 30.3 Å². The van der Waals surface area contributed by atoms with Crippen molar-refractivity contribution in [1.29, 1.82) is 0 Å². The van der Waals surface area contributed by atoms with E-state index in [0.29, 0.717) is 13.0 Å². The highest BCUT2D eigenvalue weighted by Gasteiger charge is 2.27. The zero-order chi connectivity index (χ0) is 14.7. The lowest BCUT2D eigenvalue weighted by Gasteiger charge is -2.25. The molecule has 0 fully saturated rings. The first-order valence-corrected chi connectivity index (χ1v) is 6.98. The Morgan fingerprint density at radius 1 is 1.43 bits per heavy atom. The average molecular weight is 286 g/mol. The zero-order valence-corrected chi connectivity index (χ0v) is 11.5. The van der Waals surface area contributed by atoms with Gasteiger partial charge in [0.1, 0.15) is 0 Å². The van der Waals surface area contributed by atoms with Gasteiger partial charge in [0.15, 0.2) is 0 Å². The molecule has 2 atom stereocenters. The van der Waals surface area contributed by atoms with Gasteiger partial charge >= 0.3 is 0 Å². The van der Waals surface area contributed by atoms with E-state index < -0.39 is 0 Å². The summed E-state index contributed by atoms with van der Waals surface area (Å²) >= 11 is 0. The highest BCUT2D eigenvalue weighted by molar-refractivity contribution is 5.82. The van der Waals surface area contributed by atoms with Crippen molar-refractivity contribution < 1.29 is 9.90 Å². The van der Waals surface area contributed by atoms with Crippen molar-refractivity contribution in [2.24, 2.45) is 0 Å². The number of aliphatic hydroxyl groups is 1. The minimum absolute atomic E-state index is 0.119. The van der Waals surface area contributed by atoms with E-state index in [2.05, 4.69) is 20.6 Å². The van der Waals surface area contributed by atoms with Crippen LogP contribution in [0.15, 0.2) is 36.7 Å². The third-order valence-corrected chi connectivity index (χ3v) is 3.75. The Balaban J connectivity index is 1.66. The lowest BCUT2D eigenvalue weighted by molar-refractivity contribution is -0.124. The number of fused-ring (bicyclic) bond motifs is 1. The molecule has 0 aliphatic carbocycles. The quantitative estimate of drug-likeness (QED) is 0.649. The van der Waals surface area contributed by atoms with Crippen molar-refractivity contribution in [2.45, 2.75) is 25.0 Å². The molecule has 1 aromatic carbocycles. The highest BCUT2D eigenvalue weighted by Crippen LogP contribution is 2.15. The predicted molar refractivity (Wildman–Crippen MR) is 77.3 cm³/mol.